The first-order valence-corrected chi connectivity index (χ1v) is 10.5. The molecular formula is C23H24ClFN2O5. The van der Waals surface area contributed by atoms with Gasteiger partial charge in [-0.2, -0.15) is 0 Å². The fourth-order valence-corrected chi connectivity index (χ4v) is 3.91. The van der Waals surface area contributed by atoms with E-state index in [0.29, 0.717) is 19.6 Å². The number of benzene rings is 2. The first-order chi connectivity index (χ1) is 15.2. The summed E-state index contributed by atoms with van der Waals surface area (Å²) < 4.78 is 18.7. The summed E-state index contributed by atoms with van der Waals surface area (Å²) in [5.74, 6) is -3.35. The van der Waals surface area contributed by atoms with Crippen LogP contribution in [-0.4, -0.2) is 64.3 Å². The van der Waals surface area contributed by atoms with Crippen LogP contribution in [0.3, 0.4) is 0 Å². The number of hydrogen-bond donors (Lipinski definition) is 1. The highest BCUT2D eigenvalue weighted by molar-refractivity contribution is 6.41. The number of Topliss-reactive ketones (excluding diaryl/α,β-unsaturated/α-hetero) is 1. The second-order valence-electron chi connectivity index (χ2n) is 7.86. The SMILES string of the molecule is CC1CN(C(=O)COc2ccc(Cl)cc2C(=O)C(=O)O)C(C)CN1Cc1ccc(F)cc1. The van der Waals surface area contributed by atoms with Crippen molar-refractivity contribution in [1.82, 2.24) is 9.80 Å². The summed E-state index contributed by atoms with van der Waals surface area (Å²) >= 11 is 5.87. The third kappa shape index (κ3) is 5.63. The summed E-state index contributed by atoms with van der Waals surface area (Å²) in [5.41, 5.74) is 0.787. The number of carboxylic acids is 1. The number of ketones is 1. The van der Waals surface area contributed by atoms with Gasteiger partial charge in [-0.3, -0.25) is 14.5 Å². The Labute approximate surface area is 190 Å². The van der Waals surface area contributed by atoms with Gasteiger partial charge in [-0.05, 0) is 49.7 Å². The van der Waals surface area contributed by atoms with Crippen LogP contribution in [0.2, 0.25) is 5.02 Å². The molecule has 170 valence electrons. The van der Waals surface area contributed by atoms with Crippen molar-refractivity contribution >= 4 is 29.3 Å². The maximum atomic E-state index is 13.1. The lowest BCUT2D eigenvalue weighted by molar-refractivity contribution is -0.139. The molecule has 0 aromatic heterocycles. The summed E-state index contributed by atoms with van der Waals surface area (Å²) in [7, 11) is 0. The summed E-state index contributed by atoms with van der Waals surface area (Å²) in [5, 5.41) is 9.18. The van der Waals surface area contributed by atoms with E-state index in [9.17, 15) is 18.8 Å². The molecule has 1 amide bonds. The smallest absolute Gasteiger partial charge is 0.377 e. The van der Waals surface area contributed by atoms with Crippen LogP contribution in [0.25, 0.3) is 0 Å². The second-order valence-corrected chi connectivity index (χ2v) is 8.30. The van der Waals surface area contributed by atoms with Gasteiger partial charge in [-0.25, -0.2) is 9.18 Å². The Bertz CT molecular complexity index is 1010. The molecule has 3 rings (SSSR count). The number of carboxylic acid groups (broad SMARTS) is 1. The van der Waals surface area contributed by atoms with Gasteiger partial charge in [-0.15, -0.1) is 0 Å². The maximum absolute atomic E-state index is 13.1. The van der Waals surface area contributed by atoms with Crippen LogP contribution < -0.4 is 4.74 Å². The van der Waals surface area contributed by atoms with Crippen molar-refractivity contribution in [3.8, 4) is 5.75 Å². The zero-order valence-electron chi connectivity index (χ0n) is 17.8. The van der Waals surface area contributed by atoms with Crippen LogP contribution in [0.15, 0.2) is 42.5 Å². The second kappa shape index (κ2) is 10.1. The van der Waals surface area contributed by atoms with Gasteiger partial charge in [0.15, 0.2) is 6.61 Å². The van der Waals surface area contributed by atoms with Gasteiger partial charge in [-0.1, -0.05) is 23.7 Å². The minimum Gasteiger partial charge on any atom is -0.483 e. The Balaban J connectivity index is 1.62. The van der Waals surface area contributed by atoms with Gasteiger partial charge < -0.3 is 14.7 Å². The first-order valence-electron chi connectivity index (χ1n) is 10.1. The number of carbonyl (C=O) groups is 3. The van der Waals surface area contributed by atoms with E-state index in [2.05, 4.69) is 4.90 Å². The van der Waals surface area contributed by atoms with Crippen molar-refractivity contribution in [2.24, 2.45) is 0 Å². The normalized spacial score (nSPS) is 18.9. The number of hydrogen-bond acceptors (Lipinski definition) is 5. The van der Waals surface area contributed by atoms with Crippen LogP contribution in [-0.2, 0) is 16.1 Å². The van der Waals surface area contributed by atoms with E-state index in [4.69, 9.17) is 21.4 Å². The van der Waals surface area contributed by atoms with Crippen LogP contribution in [0.5, 0.6) is 5.75 Å². The number of rotatable bonds is 7. The van der Waals surface area contributed by atoms with Crippen molar-refractivity contribution < 1.29 is 28.6 Å². The molecule has 0 spiro atoms. The molecule has 1 aliphatic heterocycles. The Morgan fingerprint density at radius 2 is 1.78 bits per heavy atom. The largest absolute Gasteiger partial charge is 0.483 e. The Morgan fingerprint density at radius 1 is 1.09 bits per heavy atom. The summed E-state index contributed by atoms with van der Waals surface area (Å²) in [6.07, 6.45) is 0. The highest BCUT2D eigenvalue weighted by Gasteiger charge is 2.32. The molecule has 2 aromatic rings. The lowest BCUT2D eigenvalue weighted by atomic mass is 10.1. The Kier molecular flexibility index (Phi) is 7.48. The minimum absolute atomic E-state index is 0.00852. The Hall–Kier alpha value is -2.97. The molecule has 2 unspecified atom stereocenters. The molecule has 1 N–H and O–H groups in total. The van der Waals surface area contributed by atoms with E-state index >= 15 is 0 Å². The molecular weight excluding hydrogens is 439 g/mol. The van der Waals surface area contributed by atoms with E-state index in [1.807, 2.05) is 13.8 Å². The maximum Gasteiger partial charge on any atom is 0.377 e. The number of nitrogens with zero attached hydrogens (tertiary/aromatic N) is 2. The van der Waals surface area contributed by atoms with E-state index < -0.39 is 11.8 Å². The molecule has 0 bridgehead atoms. The molecule has 2 atom stereocenters. The zero-order valence-corrected chi connectivity index (χ0v) is 18.5. The first kappa shape index (κ1) is 23.7. The Morgan fingerprint density at radius 3 is 2.44 bits per heavy atom. The predicted molar refractivity (Wildman–Crippen MR) is 116 cm³/mol. The van der Waals surface area contributed by atoms with Crippen LogP contribution >= 0.6 is 11.6 Å². The van der Waals surface area contributed by atoms with E-state index in [1.165, 1.54) is 30.3 Å². The van der Waals surface area contributed by atoms with Gasteiger partial charge >= 0.3 is 5.97 Å². The van der Waals surface area contributed by atoms with Gasteiger partial charge in [0.1, 0.15) is 11.6 Å². The highest BCUT2D eigenvalue weighted by Crippen LogP contribution is 2.24. The van der Waals surface area contributed by atoms with Crippen molar-refractivity contribution in [1.29, 1.82) is 0 Å². The molecule has 1 aliphatic rings. The molecule has 9 heteroatoms. The summed E-state index contributed by atoms with van der Waals surface area (Å²) in [4.78, 5) is 39.7. The number of piperazine rings is 1. The average molecular weight is 463 g/mol. The minimum atomic E-state index is -1.64. The number of ether oxygens (including phenoxy) is 1. The molecule has 0 aliphatic carbocycles. The molecule has 1 fully saturated rings. The van der Waals surface area contributed by atoms with Crippen molar-refractivity contribution in [3.05, 3.63) is 64.4 Å². The standard InChI is InChI=1S/C23H24ClFN2O5/c1-14-11-27(15(2)10-26(14)12-16-3-6-18(25)7-4-16)21(28)13-32-20-8-5-17(24)9-19(20)22(29)23(30)31/h3-9,14-15H,10-13H2,1-2H3,(H,30,31). The molecule has 2 aromatic carbocycles. The van der Waals surface area contributed by atoms with Gasteiger partial charge in [0.2, 0.25) is 0 Å². The molecule has 7 nitrogen and oxygen atoms in total. The lowest BCUT2D eigenvalue weighted by Crippen LogP contribution is -2.58. The van der Waals surface area contributed by atoms with Gasteiger partial charge in [0.05, 0.1) is 5.56 Å². The third-order valence-electron chi connectivity index (χ3n) is 5.47. The molecule has 0 radical (unpaired) electrons. The fourth-order valence-electron chi connectivity index (χ4n) is 3.73. The molecule has 1 saturated heterocycles. The zero-order chi connectivity index (χ0) is 23.4. The van der Waals surface area contributed by atoms with Crippen molar-refractivity contribution in [2.75, 3.05) is 19.7 Å². The van der Waals surface area contributed by atoms with Crippen LogP contribution in [0.1, 0.15) is 29.8 Å². The monoisotopic (exact) mass is 462 g/mol. The van der Waals surface area contributed by atoms with Gasteiger partial charge in [0.25, 0.3) is 11.7 Å². The molecule has 32 heavy (non-hydrogen) atoms. The number of halogens is 2. The summed E-state index contributed by atoms with van der Waals surface area (Å²) in [6, 6.07) is 10.4. The quantitative estimate of drug-likeness (QED) is 0.502. The number of amides is 1. The fraction of sp³-hybridized carbons (Fsp3) is 0.348. The molecule has 1 heterocycles. The van der Waals surface area contributed by atoms with E-state index in [0.717, 1.165) is 5.56 Å². The van der Waals surface area contributed by atoms with E-state index in [-0.39, 0.29) is 46.8 Å². The van der Waals surface area contributed by atoms with Crippen molar-refractivity contribution in [2.45, 2.75) is 32.5 Å². The highest BCUT2D eigenvalue weighted by atomic mass is 35.5. The van der Waals surface area contributed by atoms with E-state index in [1.54, 1.807) is 17.0 Å². The predicted octanol–water partition coefficient (Wildman–Crippen LogP) is 3.25. The third-order valence-corrected chi connectivity index (χ3v) is 5.70. The number of carbonyl (C=O) groups excluding carboxylic acids is 2. The average Bonchev–Trinajstić information content (AvgIpc) is 2.75. The van der Waals surface area contributed by atoms with Crippen LogP contribution in [0, 0.1) is 5.82 Å². The molecule has 0 saturated carbocycles. The van der Waals surface area contributed by atoms with Gasteiger partial charge in [0, 0.05) is 36.7 Å². The summed E-state index contributed by atoms with van der Waals surface area (Å²) in [6.45, 7) is 5.37. The van der Waals surface area contributed by atoms with Crippen molar-refractivity contribution in [3.63, 3.8) is 0 Å². The topological polar surface area (TPSA) is 87.1 Å². The number of aliphatic carboxylic acids is 1. The lowest BCUT2D eigenvalue weighted by Gasteiger charge is -2.44. The van der Waals surface area contributed by atoms with Crippen LogP contribution in [0.4, 0.5) is 4.39 Å².